The van der Waals surface area contributed by atoms with E-state index in [-0.39, 0.29) is 16.8 Å². The number of rotatable bonds is 5. The van der Waals surface area contributed by atoms with Gasteiger partial charge < -0.3 is 10.6 Å². The summed E-state index contributed by atoms with van der Waals surface area (Å²) in [4.78, 5) is 7.97. The summed E-state index contributed by atoms with van der Waals surface area (Å²) in [5.41, 5.74) is 1.96. The summed E-state index contributed by atoms with van der Waals surface area (Å²) in [6.45, 7) is 0. The Morgan fingerprint density at radius 3 is 2.42 bits per heavy atom. The van der Waals surface area contributed by atoms with E-state index in [2.05, 4.69) is 26.7 Å². The van der Waals surface area contributed by atoms with Gasteiger partial charge in [0.2, 0.25) is 5.95 Å². The first-order chi connectivity index (χ1) is 12.5. The van der Waals surface area contributed by atoms with Crippen LogP contribution in [0.3, 0.4) is 0 Å². The van der Waals surface area contributed by atoms with Crippen LogP contribution >= 0.6 is 11.6 Å². The molecule has 26 heavy (non-hydrogen) atoms. The maximum atomic E-state index is 14.0. The summed E-state index contributed by atoms with van der Waals surface area (Å²) >= 11 is 5.72. The summed E-state index contributed by atoms with van der Waals surface area (Å²) in [5.74, 6) is -1.13. The SMILES string of the molecule is N#CCc1ccc(Nc2ncc(F)c(Nc3ccc(F)c(Cl)c3)n2)cc1. The van der Waals surface area contributed by atoms with Gasteiger partial charge >= 0.3 is 0 Å². The molecular formula is C18H12ClF2N5. The van der Waals surface area contributed by atoms with Gasteiger partial charge in [-0.05, 0) is 35.9 Å². The van der Waals surface area contributed by atoms with Crippen LogP contribution in [0, 0.1) is 23.0 Å². The molecule has 0 unspecified atom stereocenters. The lowest BCUT2D eigenvalue weighted by Gasteiger charge is -2.10. The highest BCUT2D eigenvalue weighted by Gasteiger charge is 2.09. The number of hydrogen-bond donors (Lipinski definition) is 2. The Balaban J connectivity index is 1.78. The topological polar surface area (TPSA) is 73.6 Å². The van der Waals surface area contributed by atoms with E-state index in [1.54, 1.807) is 24.3 Å². The smallest absolute Gasteiger partial charge is 0.229 e. The molecule has 2 aromatic carbocycles. The zero-order valence-electron chi connectivity index (χ0n) is 13.3. The first-order valence-corrected chi connectivity index (χ1v) is 7.90. The van der Waals surface area contributed by atoms with Crippen molar-refractivity contribution in [2.75, 3.05) is 10.6 Å². The molecule has 8 heteroatoms. The number of nitrogens with zero attached hydrogens (tertiary/aromatic N) is 3. The zero-order valence-corrected chi connectivity index (χ0v) is 14.1. The van der Waals surface area contributed by atoms with Gasteiger partial charge in [0.05, 0.1) is 23.7 Å². The molecule has 0 fully saturated rings. The van der Waals surface area contributed by atoms with Crippen LogP contribution in [-0.2, 0) is 6.42 Å². The Morgan fingerprint density at radius 2 is 1.73 bits per heavy atom. The average molecular weight is 372 g/mol. The van der Waals surface area contributed by atoms with Crippen LogP contribution in [0.15, 0.2) is 48.7 Å². The summed E-state index contributed by atoms with van der Waals surface area (Å²) in [6.07, 6.45) is 1.34. The molecule has 0 spiro atoms. The van der Waals surface area contributed by atoms with Gasteiger partial charge in [-0.2, -0.15) is 10.2 Å². The van der Waals surface area contributed by atoms with Gasteiger partial charge in [-0.15, -0.1) is 0 Å². The molecule has 3 rings (SSSR count). The summed E-state index contributed by atoms with van der Waals surface area (Å²) < 4.78 is 27.2. The van der Waals surface area contributed by atoms with Crippen molar-refractivity contribution in [1.29, 1.82) is 5.26 Å². The Labute approximate surface area is 153 Å². The highest BCUT2D eigenvalue weighted by molar-refractivity contribution is 6.31. The van der Waals surface area contributed by atoms with Gasteiger partial charge in [0.25, 0.3) is 0 Å². The number of aromatic nitrogens is 2. The monoisotopic (exact) mass is 371 g/mol. The van der Waals surface area contributed by atoms with Gasteiger partial charge in [-0.25, -0.2) is 13.8 Å². The lowest BCUT2D eigenvalue weighted by Crippen LogP contribution is -2.03. The van der Waals surface area contributed by atoms with Crippen LogP contribution in [0.5, 0.6) is 0 Å². The van der Waals surface area contributed by atoms with Crippen LogP contribution in [0.1, 0.15) is 5.56 Å². The van der Waals surface area contributed by atoms with Crippen molar-refractivity contribution < 1.29 is 8.78 Å². The van der Waals surface area contributed by atoms with E-state index in [4.69, 9.17) is 16.9 Å². The predicted molar refractivity (Wildman–Crippen MR) is 95.7 cm³/mol. The third-order valence-corrected chi connectivity index (χ3v) is 3.71. The Bertz CT molecular complexity index is 970. The first-order valence-electron chi connectivity index (χ1n) is 7.52. The van der Waals surface area contributed by atoms with E-state index >= 15 is 0 Å². The molecule has 1 heterocycles. The molecule has 0 amide bonds. The minimum absolute atomic E-state index is 0.0775. The van der Waals surface area contributed by atoms with Crippen molar-refractivity contribution in [3.05, 3.63) is 70.9 Å². The third-order valence-electron chi connectivity index (χ3n) is 3.42. The minimum Gasteiger partial charge on any atom is -0.338 e. The molecule has 0 saturated carbocycles. The number of anilines is 4. The van der Waals surface area contributed by atoms with Gasteiger partial charge in [0.15, 0.2) is 11.6 Å². The molecule has 0 aliphatic carbocycles. The normalized spacial score (nSPS) is 10.2. The largest absolute Gasteiger partial charge is 0.338 e. The van der Waals surface area contributed by atoms with E-state index in [1.165, 1.54) is 18.2 Å². The van der Waals surface area contributed by atoms with Gasteiger partial charge in [0.1, 0.15) is 5.82 Å². The first kappa shape index (κ1) is 17.6. The van der Waals surface area contributed by atoms with Crippen molar-refractivity contribution in [3.8, 4) is 6.07 Å². The molecule has 130 valence electrons. The van der Waals surface area contributed by atoms with Crippen molar-refractivity contribution in [1.82, 2.24) is 9.97 Å². The second kappa shape index (κ2) is 7.76. The fourth-order valence-electron chi connectivity index (χ4n) is 2.15. The van der Waals surface area contributed by atoms with E-state index in [0.29, 0.717) is 17.8 Å². The number of benzene rings is 2. The van der Waals surface area contributed by atoms with E-state index in [1.807, 2.05) is 0 Å². The fraction of sp³-hybridized carbons (Fsp3) is 0.0556. The van der Waals surface area contributed by atoms with Crippen LogP contribution in [0.2, 0.25) is 5.02 Å². The summed E-state index contributed by atoms with van der Waals surface area (Å²) in [7, 11) is 0. The molecular weight excluding hydrogens is 360 g/mol. The molecule has 0 radical (unpaired) electrons. The van der Waals surface area contributed by atoms with E-state index in [9.17, 15) is 8.78 Å². The molecule has 3 aromatic rings. The lowest BCUT2D eigenvalue weighted by molar-refractivity contribution is 0.619. The maximum absolute atomic E-state index is 14.0. The van der Waals surface area contributed by atoms with Gasteiger partial charge in [-0.3, -0.25) is 0 Å². The lowest BCUT2D eigenvalue weighted by atomic mass is 10.1. The third kappa shape index (κ3) is 4.23. The molecule has 0 atom stereocenters. The predicted octanol–water partition coefficient (Wildman–Crippen LogP) is 4.96. The summed E-state index contributed by atoms with van der Waals surface area (Å²) in [5, 5.41) is 14.3. The van der Waals surface area contributed by atoms with Gasteiger partial charge in [0, 0.05) is 11.4 Å². The Morgan fingerprint density at radius 1 is 1.00 bits per heavy atom. The highest BCUT2D eigenvalue weighted by atomic mass is 35.5. The molecule has 0 bridgehead atoms. The van der Waals surface area contributed by atoms with Crippen LogP contribution in [0.25, 0.3) is 0 Å². The maximum Gasteiger partial charge on any atom is 0.229 e. The van der Waals surface area contributed by atoms with Crippen molar-refractivity contribution in [2.24, 2.45) is 0 Å². The van der Waals surface area contributed by atoms with Crippen LogP contribution < -0.4 is 10.6 Å². The molecule has 0 aliphatic rings. The van der Waals surface area contributed by atoms with Crippen LogP contribution in [-0.4, -0.2) is 9.97 Å². The Kier molecular flexibility index (Phi) is 5.25. The number of halogens is 3. The molecule has 0 saturated heterocycles. The quantitative estimate of drug-likeness (QED) is 0.663. The van der Waals surface area contributed by atoms with E-state index in [0.717, 1.165) is 11.8 Å². The minimum atomic E-state index is -0.666. The zero-order chi connectivity index (χ0) is 18.5. The average Bonchev–Trinajstić information content (AvgIpc) is 2.63. The van der Waals surface area contributed by atoms with Crippen molar-refractivity contribution in [3.63, 3.8) is 0 Å². The second-order valence-corrected chi connectivity index (χ2v) is 5.71. The molecule has 2 N–H and O–H groups in total. The Hall–Kier alpha value is -3.24. The van der Waals surface area contributed by atoms with E-state index < -0.39 is 11.6 Å². The van der Waals surface area contributed by atoms with Gasteiger partial charge in [-0.1, -0.05) is 23.7 Å². The number of nitrogens with one attached hydrogen (secondary N) is 2. The fourth-order valence-corrected chi connectivity index (χ4v) is 2.33. The number of hydrogen-bond acceptors (Lipinski definition) is 5. The molecule has 5 nitrogen and oxygen atoms in total. The van der Waals surface area contributed by atoms with Crippen molar-refractivity contribution in [2.45, 2.75) is 6.42 Å². The molecule has 0 aliphatic heterocycles. The molecule has 1 aromatic heterocycles. The highest BCUT2D eigenvalue weighted by Crippen LogP contribution is 2.24. The van der Waals surface area contributed by atoms with Crippen LogP contribution in [0.4, 0.5) is 31.9 Å². The second-order valence-electron chi connectivity index (χ2n) is 5.30. The summed E-state index contributed by atoms with van der Waals surface area (Å²) in [6, 6.07) is 13.1. The number of nitriles is 1. The standard InChI is InChI=1S/C18H12ClF2N5/c19-14-9-13(5-6-15(14)20)24-17-16(21)10-23-18(26-17)25-12-3-1-11(2-4-12)7-8-22/h1-6,9-10H,7H2,(H2,23,24,25,26). The van der Waals surface area contributed by atoms with Crippen molar-refractivity contribution >= 4 is 34.7 Å².